The molecule has 1 saturated heterocycles. The molecule has 3 heterocycles. The molecule has 6 nitrogen and oxygen atoms in total. The predicted molar refractivity (Wildman–Crippen MR) is 108 cm³/mol. The summed E-state index contributed by atoms with van der Waals surface area (Å²) in [5, 5.41) is 2.61. The van der Waals surface area contributed by atoms with E-state index in [2.05, 4.69) is 22.1 Å². The van der Waals surface area contributed by atoms with Crippen LogP contribution in [0.5, 0.6) is 0 Å². The van der Waals surface area contributed by atoms with Crippen LogP contribution in [0.15, 0.2) is 53.9 Å². The van der Waals surface area contributed by atoms with Gasteiger partial charge in [-0.1, -0.05) is 36.4 Å². The van der Waals surface area contributed by atoms with Crippen molar-refractivity contribution < 1.29 is 4.79 Å². The summed E-state index contributed by atoms with van der Waals surface area (Å²) in [7, 11) is 0. The van der Waals surface area contributed by atoms with Crippen molar-refractivity contribution in [3.05, 3.63) is 70.9 Å². The summed E-state index contributed by atoms with van der Waals surface area (Å²) in [6.07, 6.45) is 1.57. The standard InChI is InChI=1S/C20H21N5OS/c21-17-8-4-7-15(23-17)18(26)25-11-9-20(10-12-25,14-5-2-1-3-6-14)16-13-27-19(22)24-16/h1-8,13H,9-12H2,(H2,21,23)(H2,22,24). The first-order valence-electron chi connectivity index (χ1n) is 8.87. The molecule has 7 heteroatoms. The number of pyridine rings is 1. The minimum Gasteiger partial charge on any atom is -0.384 e. The normalized spacial score (nSPS) is 16.2. The number of carbonyl (C=O) groups is 1. The number of hydrogen-bond donors (Lipinski definition) is 2. The Morgan fingerprint density at radius 1 is 1.00 bits per heavy atom. The van der Waals surface area contributed by atoms with Gasteiger partial charge in [-0.05, 0) is 30.5 Å². The Morgan fingerprint density at radius 3 is 2.37 bits per heavy atom. The lowest BCUT2D eigenvalue weighted by Crippen LogP contribution is -2.46. The second-order valence-corrected chi connectivity index (χ2v) is 7.65. The van der Waals surface area contributed by atoms with Crippen LogP contribution in [-0.4, -0.2) is 33.9 Å². The molecule has 1 fully saturated rings. The Morgan fingerprint density at radius 2 is 1.74 bits per heavy atom. The van der Waals surface area contributed by atoms with Crippen molar-refractivity contribution in [3.63, 3.8) is 0 Å². The number of hydrogen-bond acceptors (Lipinski definition) is 6. The summed E-state index contributed by atoms with van der Waals surface area (Å²) in [5.41, 5.74) is 14.0. The largest absolute Gasteiger partial charge is 0.384 e. The Balaban J connectivity index is 1.61. The first-order chi connectivity index (χ1) is 13.1. The number of likely N-dealkylation sites (tertiary alicyclic amines) is 1. The van der Waals surface area contributed by atoms with Crippen molar-refractivity contribution in [1.29, 1.82) is 0 Å². The highest BCUT2D eigenvalue weighted by molar-refractivity contribution is 7.13. The summed E-state index contributed by atoms with van der Waals surface area (Å²) < 4.78 is 0. The van der Waals surface area contributed by atoms with Crippen LogP contribution in [0.2, 0.25) is 0 Å². The van der Waals surface area contributed by atoms with Crippen LogP contribution in [-0.2, 0) is 5.41 Å². The van der Waals surface area contributed by atoms with Gasteiger partial charge in [0.05, 0.1) is 5.69 Å². The average Bonchev–Trinajstić information content (AvgIpc) is 3.15. The molecule has 0 bridgehead atoms. The lowest BCUT2D eigenvalue weighted by atomic mass is 9.70. The zero-order valence-corrected chi connectivity index (χ0v) is 15.7. The van der Waals surface area contributed by atoms with Crippen molar-refractivity contribution in [1.82, 2.24) is 14.9 Å². The maximum Gasteiger partial charge on any atom is 0.272 e. The van der Waals surface area contributed by atoms with Gasteiger partial charge < -0.3 is 16.4 Å². The molecule has 3 aromatic rings. The third-order valence-corrected chi connectivity index (χ3v) is 5.91. The van der Waals surface area contributed by atoms with Gasteiger partial charge in [-0.25, -0.2) is 9.97 Å². The summed E-state index contributed by atoms with van der Waals surface area (Å²) in [6.45, 7) is 1.25. The molecule has 0 saturated carbocycles. The van der Waals surface area contributed by atoms with E-state index in [1.165, 1.54) is 16.9 Å². The molecule has 1 aliphatic rings. The van der Waals surface area contributed by atoms with Crippen LogP contribution in [0.1, 0.15) is 34.6 Å². The van der Waals surface area contributed by atoms with E-state index in [0.717, 1.165) is 18.5 Å². The molecule has 0 unspecified atom stereocenters. The van der Waals surface area contributed by atoms with Gasteiger partial charge in [0, 0.05) is 23.9 Å². The number of amides is 1. The van der Waals surface area contributed by atoms with Crippen molar-refractivity contribution >= 4 is 28.2 Å². The van der Waals surface area contributed by atoms with Gasteiger partial charge in [0.25, 0.3) is 5.91 Å². The fourth-order valence-corrected chi connectivity index (χ4v) is 4.44. The quantitative estimate of drug-likeness (QED) is 0.729. The van der Waals surface area contributed by atoms with Crippen LogP contribution in [0, 0.1) is 0 Å². The van der Waals surface area contributed by atoms with Crippen molar-refractivity contribution in [2.24, 2.45) is 0 Å². The van der Waals surface area contributed by atoms with Crippen molar-refractivity contribution in [2.75, 3.05) is 24.6 Å². The highest BCUT2D eigenvalue weighted by atomic mass is 32.1. The van der Waals surface area contributed by atoms with E-state index < -0.39 is 0 Å². The molecule has 0 aliphatic carbocycles. The average molecular weight is 379 g/mol. The van der Waals surface area contributed by atoms with E-state index in [1.54, 1.807) is 18.2 Å². The van der Waals surface area contributed by atoms with Gasteiger partial charge in [0.15, 0.2) is 5.13 Å². The molecule has 138 valence electrons. The van der Waals surface area contributed by atoms with E-state index in [-0.39, 0.29) is 11.3 Å². The minimum absolute atomic E-state index is 0.0817. The molecule has 0 spiro atoms. The molecule has 27 heavy (non-hydrogen) atoms. The van der Waals surface area contributed by atoms with Crippen LogP contribution >= 0.6 is 11.3 Å². The van der Waals surface area contributed by atoms with Gasteiger partial charge in [-0.15, -0.1) is 11.3 Å². The smallest absolute Gasteiger partial charge is 0.272 e. The molecule has 1 aromatic carbocycles. The highest BCUT2D eigenvalue weighted by Gasteiger charge is 2.41. The highest BCUT2D eigenvalue weighted by Crippen LogP contribution is 2.42. The van der Waals surface area contributed by atoms with E-state index in [4.69, 9.17) is 11.5 Å². The topological polar surface area (TPSA) is 98.1 Å². The number of carbonyl (C=O) groups excluding carboxylic acids is 1. The predicted octanol–water partition coefficient (Wildman–Crippen LogP) is 2.92. The van der Waals surface area contributed by atoms with Gasteiger partial charge in [-0.2, -0.15) is 0 Å². The van der Waals surface area contributed by atoms with E-state index in [1.807, 2.05) is 28.5 Å². The maximum atomic E-state index is 12.8. The second kappa shape index (κ2) is 7.00. The number of benzene rings is 1. The number of anilines is 2. The van der Waals surface area contributed by atoms with Crippen LogP contribution in [0.4, 0.5) is 10.9 Å². The van der Waals surface area contributed by atoms with Gasteiger partial charge in [-0.3, -0.25) is 4.79 Å². The summed E-state index contributed by atoms with van der Waals surface area (Å²) in [5.74, 6) is 0.274. The monoisotopic (exact) mass is 379 g/mol. The first kappa shape index (κ1) is 17.5. The number of nitrogens with zero attached hydrogens (tertiary/aromatic N) is 3. The third kappa shape index (κ3) is 3.26. The Kier molecular flexibility index (Phi) is 4.53. The summed E-state index contributed by atoms with van der Waals surface area (Å²) in [6, 6.07) is 15.5. The van der Waals surface area contributed by atoms with Gasteiger partial charge in [0.1, 0.15) is 11.5 Å². The summed E-state index contributed by atoms with van der Waals surface area (Å²) >= 11 is 1.46. The summed E-state index contributed by atoms with van der Waals surface area (Å²) in [4.78, 5) is 23.4. The fourth-order valence-electron chi connectivity index (χ4n) is 3.78. The SMILES string of the molecule is Nc1cccc(C(=O)N2CCC(c3ccccc3)(c3csc(N)n3)CC2)n1. The maximum absolute atomic E-state index is 12.8. The second-order valence-electron chi connectivity index (χ2n) is 6.76. The van der Waals surface area contributed by atoms with Crippen LogP contribution in [0.25, 0.3) is 0 Å². The van der Waals surface area contributed by atoms with Gasteiger partial charge in [0.2, 0.25) is 0 Å². The Hall–Kier alpha value is -2.93. The molecule has 1 amide bonds. The zero-order valence-electron chi connectivity index (χ0n) is 14.8. The van der Waals surface area contributed by atoms with E-state index in [0.29, 0.717) is 29.7 Å². The molecule has 2 aromatic heterocycles. The van der Waals surface area contributed by atoms with Crippen LogP contribution < -0.4 is 11.5 Å². The lowest BCUT2D eigenvalue weighted by molar-refractivity contribution is 0.0678. The molecule has 4 N–H and O–H groups in total. The number of piperidine rings is 1. The van der Waals surface area contributed by atoms with Gasteiger partial charge >= 0.3 is 0 Å². The zero-order chi connectivity index (χ0) is 18.9. The number of rotatable bonds is 3. The molecular weight excluding hydrogens is 358 g/mol. The molecule has 4 rings (SSSR count). The van der Waals surface area contributed by atoms with Crippen molar-refractivity contribution in [3.8, 4) is 0 Å². The number of nitrogens with two attached hydrogens (primary N) is 2. The van der Waals surface area contributed by atoms with E-state index in [9.17, 15) is 4.79 Å². The number of nitrogen functional groups attached to an aromatic ring is 2. The Bertz CT molecular complexity index is 948. The molecular formula is C20H21N5OS. The molecule has 0 atom stereocenters. The third-order valence-electron chi connectivity index (χ3n) is 5.23. The number of aromatic nitrogens is 2. The fraction of sp³-hybridized carbons (Fsp3) is 0.250. The number of thiazole rings is 1. The lowest BCUT2D eigenvalue weighted by Gasteiger charge is -2.41. The minimum atomic E-state index is -0.227. The first-order valence-corrected chi connectivity index (χ1v) is 9.75. The van der Waals surface area contributed by atoms with Crippen LogP contribution in [0.3, 0.4) is 0 Å². The Labute approximate surface area is 161 Å². The van der Waals surface area contributed by atoms with Crippen molar-refractivity contribution in [2.45, 2.75) is 18.3 Å². The molecule has 0 radical (unpaired) electrons. The van der Waals surface area contributed by atoms with E-state index >= 15 is 0 Å². The molecule has 1 aliphatic heterocycles.